The lowest BCUT2D eigenvalue weighted by atomic mass is 10.0. The van der Waals surface area contributed by atoms with Gasteiger partial charge in [-0.3, -0.25) is 0 Å². The van der Waals surface area contributed by atoms with E-state index < -0.39 is 17.6 Å². The molecule has 0 spiro atoms. The van der Waals surface area contributed by atoms with Gasteiger partial charge in [-0.25, -0.2) is 18.6 Å². The molecular formula is C14H7Cl2F2NO2. The molecule has 0 amide bonds. The molecule has 0 fully saturated rings. The average molecular weight is 330 g/mol. The topological polar surface area (TPSA) is 50.2 Å². The standard InChI is InChI=1S/C14H7Cl2F2NO2/c15-12-6-10(8-2-1-7(17)5-11(8)18)9(14(16)19-12)3-4-13(20)21/h1-6H,(H,20,21)/b4-3+. The minimum Gasteiger partial charge on any atom is -0.478 e. The average Bonchev–Trinajstić information content (AvgIpc) is 2.36. The summed E-state index contributed by atoms with van der Waals surface area (Å²) in [5, 5.41) is 8.59. The molecule has 0 atom stereocenters. The zero-order valence-corrected chi connectivity index (χ0v) is 11.8. The number of rotatable bonds is 3. The second-order valence-electron chi connectivity index (χ2n) is 3.99. The highest BCUT2D eigenvalue weighted by Crippen LogP contribution is 2.33. The van der Waals surface area contributed by atoms with Crippen LogP contribution in [0.2, 0.25) is 10.3 Å². The highest BCUT2D eigenvalue weighted by molar-refractivity contribution is 6.34. The van der Waals surface area contributed by atoms with E-state index in [9.17, 15) is 13.6 Å². The van der Waals surface area contributed by atoms with Gasteiger partial charge in [0.1, 0.15) is 21.9 Å². The molecule has 0 aliphatic rings. The van der Waals surface area contributed by atoms with E-state index in [1.54, 1.807) is 0 Å². The van der Waals surface area contributed by atoms with Gasteiger partial charge in [0, 0.05) is 23.3 Å². The highest BCUT2D eigenvalue weighted by Gasteiger charge is 2.14. The van der Waals surface area contributed by atoms with Crippen molar-refractivity contribution in [3.63, 3.8) is 0 Å². The molecule has 0 aliphatic heterocycles. The van der Waals surface area contributed by atoms with Crippen LogP contribution in [0.4, 0.5) is 8.78 Å². The summed E-state index contributed by atoms with van der Waals surface area (Å²) in [5.41, 5.74) is 0.427. The molecule has 0 saturated heterocycles. The Kier molecular flexibility index (Phi) is 4.55. The molecule has 1 aromatic carbocycles. The number of carbonyl (C=O) groups is 1. The van der Waals surface area contributed by atoms with Gasteiger partial charge in [0.2, 0.25) is 0 Å². The van der Waals surface area contributed by atoms with Crippen LogP contribution in [0, 0.1) is 11.6 Å². The van der Waals surface area contributed by atoms with Crippen LogP contribution >= 0.6 is 23.2 Å². The van der Waals surface area contributed by atoms with Gasteiger partial charge in [0.25, 0.3) is 0 Å². The van der Waals surface area contributed by atoms with Crippen LogP contribution in [0.15, 0.2) is 30.3 Å². The van der Waals surface area contributed by atoms with E-state index in [4.69, 9.17) is 28.3 Å². The summed E-state index contributed by atoms with van der Waals surface area (Å²) >= 11 is 11.7. The lowest BCUT2D eigenvalue weighted by Gasteiger charge is -2.10. The molecule has 0 aliphatic carbocycles. The van der Waals surface area contributed by atoms with E-state index in [0.29, 0.717) is 6.07 Å². The van der Waals surface area contributed by atoms with Crippen LogP contribution in [0.5, 0.6) is 0 Å². The Morgan fingerprint density at radius 2 is 1.90 bits per heavy atom. The second-order valence-corrected chi connectivity index (χ2v) is 4.74. The highest BCUT2D eigenvalue weighted by atomic mass is 35.5. The molecule has 2 rings (SSSR count). The van der Waals surface area contributed by atoms with Crippen LogP contribution in [0.1, 0.15) is 5.56 Å². The van der Waals surface area contributed by atoms with Crippen LogP contribution in [-0.4, -0.2) is 16.1 Å². The predicted octanol–water partition coefficient (Wildman–Crippen LogP) is 4.43. The van der Waals surface area contributed by atoms with Crippen LogP contribution in [-0.2, 0) is 4.79 Å². The third kappa shape index (κ3) is 3.56. The van der Waals surface area contributed by atoms with Crippen molar-refractivity contribution < 1.29 is 18.7 Å². The molecule has 1 aromatic heterocycles. The van der Waals surface area contributed by atoms with Gasteiger partial charge in [-0.1, -0.05) is 23.2 Å². The van der Waals surface area contributed by atoms with E-state index >= 15 is 0 Å². The molecule has 2 aromatic rings. The van der Waals surface area contributed by atoms with Gasteiger partial charge in [0.15, 0.2) is 0 Å². The van der Waals surface area contributed by atoms with Gasteiger partial charge in [-0.15, -0.1) is 0 Å². The molecule has 3 nitrogen and oxygen atoms in total. The van der Waals surface area contributed by atoms with Gasteiger partial charge in [0.05, 0.1) is 0 Å². The summed E-state index contributed by atoms with van der Waals surface area (Å²) in [6.45, 7) is 0. The fourth-order valence-electron chi connectivity index (χ4n) is 1.74. The van der Waals surface area contributed by atoms with Crippen molar-refractivity contribution in [2.45, 2.75) is 0 Å². The van der Waals surface area contributed by atoms with Crippen LogP contribution in [0.25, 0.3) is 17.2 Å². The number of aromatic nitrogens is 1. The van der Waals surface area contributed by atoms with Crippen molar-refractivity contribution in [2.24, 2.45) is 0 Å². The Labute approximate surface area is 128 Å². The third-order valence-electron chi connectivity index (χ3n) is 2.59. The number of carboxylic acid groups (broad SMARTS) is 1. The second kappa shape index (κ2) is 6.20. The van der Waals surface area contributed by atoms with Crippen molar-refractivity contribution in [2.75, 3.05) is 0 Å². The number of halogens is 4. The largest absolute Gasteiger partial charge is 0.478 e. The fourth-order valence-corrected chi connectivity index (χ4v) is 2.23. The summed E-state index contributed by atoms with van der Waals surface area (Å²) in [6.07, 6.45) is 2.01. The van der Waals surface area contributed by atoms with E-state index in [1.807, 2.05) is 0 Å². The summed E-state index contributed by atoms with van der Waals surface area (Å²) in [6, 6.07) is 4.32. The molecule has 1 N–H and O–H groups in total. The molecule has 108 valence electrons. The first-order valence-electron chi connectivity index (χ1n) is 5.61. The lowest BCUT2D eigenvalue weighted by molar-refractivity contribution is -0.131. The molecule has 0 bridgehead atoms. The number of benzene rings is 1. The Balaban J connectivity index is 2.69. The van der Waals surface area contributed by atoms with Gasteiger partial charge >= 0.3 is 5.97 Å². The number of aliphatic carboxylic acids is 1. The Morgan fingerprint density at radius 1 is 1.19 bits per heavy atom. The number of hydrogen-bond donors (Lipinski definition) is 1. The molecule has 0 saturated carbocycles. The van der Waals surface area contributed by atoms with E-state index in [0.717, 1.165) is 12.1 Å². The zero-order chi connectivity index (χ0) is 15.6. The van der Waals surface area contributed by atoms with Gasteiger partial charge in [-0.2, -0.15) is 0 Å². The van der Waals surface area contributed by atoms with Crippen molar-refractivity contribution in [3.8, 4) is 11.1 Å². The van der Waals surface area contributed by atoms with Gasteiger partial charge < -0.3 is 5.11 Å². The summed E-state index contributed by atoms with van der Waals surface area (Å²) in [7, 11) is 0. The first-order chi connectivity index (χ1) is 9.88. The van der Waals surface area contributed by atoms with E-state index in [-0.39, 0.29) is 27.0 Å². The number of hydrogen-bond acceptors (Lipinski definition) is 2. The van der Waals surface area contributed by atoms with E-state index in [1.165, 1.54) is 18.2 Å². The number of nitrogens with zero attached hydrogens (tertiary/aromatic N) is 1. The van der Waals surface area contributed by atoms with Crippen LogP contribution < -0.4 is 0 Å². The minimum atomic E-state index is -1.20. The monoisotopic (exact) mass is 329 g/mol. The number of carboxylic acids is 1. The summed E-state index contributed by atoms with van der Waals surface area (Å²) in [4.78, 5) is 14.4. The van der Waals surface area contributed by atoms with Crippen molar-refractivity contribution in [3.05, 3.63) is 57.8 Å². The Morgan fingerprint density at radius 3 is 2.52 bits per heavy atom. The molecule has 21 heavy (non-hydrogen) atoms. The minimum absolute atomic E-state index is 0.00574. The smallest absolute Gasteiger partial charge is 0.328 e. The molecule has 0 radical (unpaired) electrons. The molecule has 7 heteroatoms. The van der Waals surface area contributed by atoms with Crippen molar-refractivity contribution >= 4 is 35.2 Å². The lowest BCUT2D eigenvalue weighted by Crippen LogP contribution is -1.94. The maximum atomic E-state index is 13.9. The maximum absolute atomic E-state index is 13.9. The Bertz CT molecular complexity index is 748. The maximum Gasteiger partial charge on any atom is 0.328 e. The van der Waals surface area contributed by atoms with E-state index in [2.05, 4.69) is 4.98 Å². The normalized spacial score (nSPS) is 11.0. The van der Waals surface area contributed by atoms with Crippen molar-refractivity contribution in [1.82, 2.24) is 4.98 Å². The predicted molar refractivity (Wildman–Crippen MR) is 76.3 cm³/mol. The fraction of sp³-hybridized carbons (Fsp3) is 0. The Hall–Kier alpha value is -1.98. The number of pyridine rings is 1. The molecular weight excluding hydrogens is 323 g/mol. The zero-order valence-electron chi connectivity index (χ0n) is 10.3. The van der Waals surface area contributed by atoms with Crippen molar-refractivity contribution in [1.29, 1.82) is 0 Å². The quantitative estimate of drug-likeness (QED) is 0.669. The first-order valence-corrected chi connectivity index (χ1v) is 6.36. The van der Waals surface area contributed by atoms with Crippen LogP contribution in [0.3, 0.4) is 0 Å². The first kappa shape index (κ1) is 15.4. The molecule has 1 heterocycles. The SMILES string of the molecule is O=C(O)/C=C/c1c(-c2ccc(F)cc2F)cc(Cl)nc1Cl. The molecule has 0 unspecified atom stereocenters. The summed E-state index contributed by atoms with van der Waals surface area (Å²) < 4.78 is 26.9. The summed E-state index contributed by atoms with van der Waals surface area (Å²) in [5.74, 6) is -2.75. The van der Waals surface area contributed by atoms with Gasteiger partial charge in [-0.05, 0) is 29.8 Å². The third-order valence-corrected chi connectivity index (χ3v) is 3.08.